The zero-order chi connectivity index (χ0) is 72.8. The van der Waals surface area contributed by atoms with Gasteiger partial charge in [0.2, 0.25) is 0 Å². The molecule has 5 atom stereocenters. The molecule has 3 N–H and O–H groups in total. The molecule has 0 amide bonds. The van der Waals surface area contributed by atoms with E-state index in [9.17, 15) is 43.2 Å². The van der Waals surface area contributed by atoms with Gasteiger partial charge >= 0.3 is 39.5 Å². The van der Waals surface area contributed by atoms with Crippen LogP contribution in [0.25, 0.3) is 0 Å². The molecule has 0 aliphatic rings. The summed E-state index contributed by atoms with van der Waals surface area (Å²) in [5.74, 6) is -0.565. The van der Waals surface area contributed by atoms with Gasteiger partial charge in [-0.05, 0) is 37.5 Å². The van der Waals surface area contributed by atoms with Gasteiger partial charge in [-0.25, -0.2) is 9.13 Å². The number of carbonyl (C=O) groups is 4. The van der Waals surface area contributed by atoms with E-state index in [1.807, 2.05) is 0 Å². The lowest BCUT2D eigenvalue weighted by atomic mass is 10.0. The fourth-order valence-corrected chi connectivity index (χ4v) is 13.9. The van der Waals surface area contributed by atoms with Crippen molar-refractivity contribution in [2.45, 2.75) is 439 Å². The number of esters is 4. The highest BCUT2D eigenvalue weighted by Gasteiger charge is 2.30. The van der Waals surface area contributed by atoms with Crippen LogP contribution >= 0.6 is 15.6 Å². The number of hydrogen-bond donors (Lipinski definition) is 3. The van der Waals surface area contributed by atoms with Crippen molar-refractivity contribution in [3.8, 4) is 0 Å². The van der Waals surface area contributed by atoms with Gasteiger partial charge in [0.15, 0.2) is 12.2 Å². The summed E-state index contributed by atoms with van der Waals surface area (Å²) in [4.78, 5) is 72.9. The van der Waals surface area contributed by atoms with Crippen molar-refractivity contribution in [3.63, 3.8) is 0 Å². The first-order valence-corrected chi connectivity index (χ1v) is 44.5. The molecule has 0 aromatic rings. The number of unbranched alkanes of at least 4 members (excludes halogenated alkanes) is 49. The van der Waals surface area contributed by atoms with Gasteiger partial charge in [0, 0.05) is 25.7 Å². The first-order valence-electron chi connectivity index (χ1n) is 41.5. The topological polar surface area (TPSA) is 237 Å². The number of ether oxygens (including phenoxy) is 4. The molecule has 0 saturated carbocycles. The van der Waals surface area contributed by atoms with E-state index in [0.29, 0.717) is 25.7 Å². The molecule has 2 unspecified atom stereocenters. The maximum atomic E-state index is 13.1. The van der Waals surface area contributed by atoms with Gasteiger partial charge in [0.25, 0.3) is 0 Å². The van der Waals surface area contributed by atoms with Crippen LogP contribution in [0.5, 0.6) is 0 Å². The molecule has 0 bridgehead atoms. The van der Waals surface area contributed by atoms with E-state index in [1.165, 1.54) is 238 Å². The van der Waals surface area contributed by atoms with Crippen molar-refractivity contribution in [3.05, 3.63) is 0 Å². The van der Waals surface area contributed by atoms with E-state index in [0.717, 1.165) is 102 Å². The largest absolute Gasteiger partial charge is 0.472 e. The number of aliphatic hydroxyl groups excluding tert-OH is 1. The molecular formula is C80H156O17P2. The summed E-state index contributed by atoms with van der Waals surface area (Å²) in [6.07, 6.45) is 61.1. The van der Waals surface area contributed by atoms with Gasteiger partial charge < -0.3 is 33.8 Å². The summed E-state index contributed by atoms with van der Waals surface area (Å²) >= 11 is 0. The zero-order valence-corrected chi connectivity index (χ0v) is 66.6. The highest BCUT2D eigenvalue weighted by atomic mass is 31.2. The van der Waals surface area contributed by atoms with Crippen molar-refractivity contribution in [1.82, 2.24) is 0 Å². The third kappa shape index (κ3) is 74.1. The van der Waals surface area contributed by atoms with Crippen LogP contribution in [0.15, 0.2) is 0 Å². The van der Waals surface area contributed by atoms with Gasteiger partial charge in [0.05, 0.1) is 26.4 Å². The Morgan fingerprint density at radius 2 is 0.465 bits per heavy atom. The molecule has 99 heavy (non-hydrogen) atoms. The molecule has 0 aliphatic heterocycles. The van der Waals surface area contributed by atoms with Crippen LogP contribution in [0.2, 0.25) is 0 Å². The number of hydrogen-bond acceptors (Lipinski definition) is 15. The van der Waals surface area contributed by atoms with Crippen LogP contribution in [0.4, 0.5) is 0 Å². The van der Waals surface area contributed by atoms with Gasteiger partial charge in [0.1, 0.15) is 19.3 Å². The normalized spacial score (nSPS) is 13.9. The summed E-state index contributed by atoms with van der Waals surface area (Å²) < 4.78 is 68.6. The molecule has 0 spiro atoms. The van der Waals surface area contributed by atoms with Crippen molar-refractivity contribution in [2.75, 3.05) is 39.6 Å². The van der Waals surface area contributed by atoms with E-state index in [-0.39, 0.29) is 25.7 Å². The molecule has 0 fully saturated rings. The Hall–Kier alpha value is -1.94. The van der Waals surface area contributed by atoms with E-state index in [4.69, 9.17) is 37.0 Å². The van der Waals surface area contributed by atoms with Crippen molar-refractivity contribution < 1.29 is 80.2 Å². The Bertz CT molecular complexity index is 1910. The lowest BCUT2D eigenvalue weighted by molar-refractivity contribution is -0.161. The summed E-state index contributed by atoms with van der Waals surface area (Å²) in [6.45, 7) is 9.62. The maximum Gasteiger partial charge on any atom is 0.472 e. The smallest absolute Gasteiger partial charge is 0.462 e. The number of rotatable bonds is 79. The molecule has 588 valence electrons. The van der Waals surface area contributed by atoms with Crippen molar-refractivity contribution in [2.24, 2.45) is 11.8 Å². The maximum absolute atomic E-state index is 13.1. The summed E-state index contributed by atoms with van der Waals surface area (Å²) in [5, 5.41) is 10.6. The molecule has 0 aromatic heterocycles. The van der Waals surface area contributed by atoms with Gasteiger partial charge in [-0.3, -0.25) is 37.3 Å². The van der Waals surface area contributed by atoms with Gasteiger partial charge in [-0.1, -0.05) is 369 Å². The van der Waals surface area contributed by atoms with Gasteiger partial charge in [-0.15, -0.1) is 0 Å². The predicted molar refractivity (Wildman–Crippen MR) is 405 cm³/mol. The number of aliphatic hydroxyl groups is 1. The first-order chi connectivity index (χ1) is 47.9. The second-order valence-corrected chi connectivity index (χ2v) is 32.7. The average molecular weight is 1450 g/mol. The van der Waals surface area contributed by atoms with Crippen LogP contribution < -0.4 is 0 Å². The summed E-state index contributed by atoms with van der Waals surface area (Å²) in [7, 11) is -9.92. The Morgan fingerprint density at radius 1 is 0.273 bits per heavy atom. The third-order valence-electron chi connectivity index (χ3n) is 18.7. The number of phosphoric ester groups is 2. The standard InChI is InChI=1S/C80H156O17P2/c1-7-9-11-13-15-17-18-19-20-21-22-23-24-25-26-27-34-40-46-52-58-64-79(84)97-76(69-91-78(83)63-57-51-45-39-33-29-28-31-37-42-48-54-60-72(3)4)71-95-99(88,89)93-67-74(81)66-92-98(86,87)94-70-75(68-90-77(82)62-56-50-44-36-16-14-12-10-8-2)96-80(85)65-59-53-47-41-35-30-32-38-43-49-55-61-73(5)6/h72-76,81H,7-71H2,1-6H3,(H,86,87)(H,88,89)/t74-,75+,76+/m0/s1. The molecule has 0 radical (unpaired) electrons. The second-order valence-electron chi connectivity index (χ2n) is 29.8. The lowest BCUT2D eigenvalue weighted by Crippen LogP contribution is -2.30. The molecule has 0 rings (SSSR count). The lowest BCUT2D eigenvalue weighted by Gasteiger charge is -2.21. The molecule has 17 nitrogen and oxygen atoms in total. The zero-order valence-electron chi connectivity index (χ0n) is 64.8. The molecule has 0 aromatic carbocycles. The predicted octanol–water partition coefficient (Wildman–Crippen LogP) is 23.9. The van der Waals surface area contributed by atoms with Crippen LogP contribution in [-0.4, -0.2) is 96.7 Å². The highest BCUT2D eigenvalue weighted by molar-refractivity contribution is 7.47. The molecule has 0 saturated heterocycles. The Labute approximate surface area is 607 Å². The minimum atomic E-state index is -4.96. The fraction of sp³-hybridized carbons (Fsp3) is 0.950. The Kier molecular flexibility index (Phi) is 70.3. The average Bonchev–Trinajstić information content (AvgIpc) is 1.54. The van der Waals surface area contributed by atoms with Crippen LogP contribution in [-0.2, 0) is 65.4 Å². The van der Waals surface area contributed by atoms with E-state index >= 15 is 0 Å². The Morgan fingerprint density at radius 3 is 0.687 bits per heavy atom. The van der Waals surface area contributed by atoms with Crippen LogP contribution in [0.3, 0.4) is 0 Å². The van der Waals surface area contributed by atoms with Crippen LogP contribution in [0.1, 0.15) is 420 Å². The molecule has 0 aliphatic carbocycles. The molecular weight excluding hydrogens is 1290 g/mol. The number of carbonyl (C=O) groups excluding carboxylic acids is 4. The van der Waals surface area contributed by atoms with E-state index < -0.39 is 97.5 Å². The third-order valence-corrected chi connectivity index (χ3v) is 20.6. The van der Waals surface area contributed by atoms with E-state index in [1.54, 1.807) is 0 Å². The SMILES string of the molecule is CCCCCCCCCCCCCCCCCCCCCCCC(=O)O[C@H](COC(=O)CCCCCCCCCCCCCCC(C)C)COP(=O)(O)OC[C@@H](O)COP(=O)(O)OC[C@@H](COC(=O)CCCCCCCCCCC)OC(=O)CCCCCCCCCCCCCC(C)C. The molecule has 0 heterocycles. The van der Waals surface area contributed by atoms with Crippen LogP contribution in [0, 0.1) is 11.8 Å². The fourth-order valence-electron chi connectivity index (χ4n) is 12.4. The molecule has 19 heteroatoms. The van der Waals surface area contributed by atoms with Crippen molar-refractivity contribution in [1.29, 1.82) is 0 Å². The second kappa shape index (κ2) is 71.7. The monoisotopic (exact) mass is 1450 g/mol. The minimum absolute atomic E-state index is 0.107. The quantitative estimate of drug-likeness (QED) is 0.0222. The van der Waals surface area contributed by atoms with Crippen molar-refractivity contribution >= 4 is 39.5 Å². The summed E-state index contributed by atoms with van der Waals surface area (Å²) in [6, 6.07) is 0. The Balaban J connectivity index is 5.20. The van der Waals surface area contributed by atoms with E-state index in [2.05, 4.69) is 41.5 Å². The highest BCUT2D eigenvalue weighted by Crippen LogP contribution is 2.45. The first kappa shape index (κ1) is 97.1. The summed E-state index contributed by atoms with van der Waals surface area (Å²) in [5.41, 5.74) is 0. The number of phosphoric acid groups is 2. The minimum Gasteiger partial charge on any atom is -0.462 e. The van der Waals surface area contributed by atoms with Gasteiger partial charge in [-0.2, -0.15) is 0 Å².